The third-order valence-corrected chi connectivity index (χ3v) is 7.26. The van der Waals surface area contributed by atoms with Gasteiger partial charge in [0.2, 0.25) is 5.91 Å². The molecule has 1 aromatic carbocycles. The van der Waals surface area contributed by atoms with Gasteiger partial charge in [-0.3, -0.25) is 14.4 Å². The largest absolute Gasteiger partial charge is 0.394 e. The minimum absolute atomic E-state index is 0.143. The third-order valence-electron chi connectivity index (χ3n) is 7.26. The van der Waals surface area contributed by atoms with Crippen LogP contribution in [-0.4, -0.2) is 88.2 Å². The van der Waals surface area contributed by atoms with Crippen LogP contribution in [0.15, 0.2) is 30.5 Å². The number of aliphatic hydroxyl groups is 2. The summed E-state index contributed by atoms with van der Waals surface area (Å²) in [5, 5.41) is 27.7. The standard InChI is InChI=1S/C25H37N5O3/c1-4-30-23(7-10-26-30)18-5-6-20(21(13-18)17-8-11-28(2)12-9-17)22(16-31)27-25(33)24-14-19(32)15-29(24)3/h5-7,10,13,17,19,22,24,31-32H,4,8-9,11-12,14-16H2,1-3H3,(H,27,33). The lowest BCUT2D eigenvalue weighted by Gasteiger charge is -2.32. The number of rotatable bonds is 7. The molecule has 3 heterocycles. The van der Waals surface area contributed by atoms with Crippen LogP contribution in [0.3, 0.4) is 0 Å². The van der Waals surface area contributed by atoms with E-state index in [1.807, 2.05) is 28.9 Å². The predicted octanol–water partition coefficient (Wildman–Crippen LogP) is 1.59. The summed E-state index contributed by atoms with van der Waals surface area (Å²) in [6, 6.07) is 7.53. The van der Waals surface area contributed by atoms with Crippen molar-refractivity contribution in [2.75, 3.05) is 40.3 Å². The summed E-state index contributed by atoms with van der Waals surface area (Å²) >= 11 is 0. The van der Waals surface area contributed by atoms with Crippen LogP contribution in [-0.2, 0) is 11.3 Å². The first kappa shape index (κ1) is 23.9. The van der Waals surface area contributed by atoms with Crippen molar-refractivity contribution in [1.29, 1.82) is 0 Å². The zero-order valence-corrected chi connectivity index (χ0v) is 19.9. The number of aliphatic hydroxyl groups excluding tert-OH is 2. The molecule has 0 spiro atoms. The number of β-amino-alcohol motifs (C(OH)–C–C–N with tert-alkyl or cyclic N) is 1. The number of likely N-dealkylation sites (tertiary alicyclic amines) is 2. The van der Waals surface area contributed by atoms with Gasteiger partial charge in [0.15, 0.2) is 0 Å². The molecule has 1 aromatic heterocycles. The van der Waals surface area contributed by atoms with E-state index >= 15 is 0 Å². The molecule has 1 amide bonds. The molecule has 3 N–H and O–H groups in total. The highest BCUT2D eigenvalue weighted by molar-refractivity contribution is 5.82. The molecule has 180 valence electrons. The summed E-state index contributed by atoms with van der Waals surface area (Å²) < 4.78 is 1.99. The Balaban J connectivity index is 1.65. The van der Waals surface area contributed by atoms with Crippen molar-refractivity contribution in [3.05, 3.63) is 41.6 Å². The van der Waals surface area contributed by atoms with Crippen LogP contribution in [0.2, 0.25) is 0 Å². The maximum absolute atomic E-state index is 13.0. The summed E-state index contributed by atoms with van der Waals surface area (Å²) in [4.78, 5) is 17.2. The van der Waals surface area contributed by atoms with Crippen molar-refractivity contribution in [1.82, 2.24) is 24.9 Å². The number of carbonyl (C=O) groups is 1. The van der Waals surface area contributed by atoms with E-state index in [9.17, 15) is 15.0 Å². The van der Waals surface area contributed by atoms with Crippen LogP contribution < -0.4 is 5.32 Å². The second kappa shape index (κ2) is 10.3. The number of piperidine rings is 1. The molecule has 33 heavy (non-hydrogen) atoms. The first-order chi connectivity index (χ1) is 15.9. The lowest BCUT2D eigenvalue weighted by atomic mass is 9.83. The Hall–Kier alpha value is -2.26. The van der Waals surface area contributed by atoms with Gasteiger partial charge in [-0.2, -0.15) is 5.10 Å². The predicted molar refractivity (Wildman–Crippen MR) is 128 cm³/mol. The second-order valence-corrected chi connectivity index (χ2v) is 9.54. The molecular formula is C25H37N5O3. The highest BCUT2D eigenvalue weighted by atomic mass is 16.3. The lowest BCUT2D eigenvalue weighted by Crippen LogP contribution is -2.44. The number of amides is 1. The van der Waals surface area contributed by atoms with Gasteiger partial charge in [0.25, 0.3) is 0 Å². The number of likely N-dealkylation sites (N-methyl/N-ethyl adjacent to an activating group) is 1. The fraction of sp³-hybridized carbons (Fsp3) is 0.600. The molecule has 0 saturated carbocycles. The van der Waals surface area contributed by atoms with Gasteiger partial charge in [0.1, 0.15) is 0 Å². The van der Waals surface area contributed by atoms with E-state index in [1.165, 1.54) is 5.56 Å². The van der Waals surface area contributed by atoms with E-state index in [-0.39, 0.29) is 18.6 Å². The van der Waals surface area contributed by atoms with Gasteiger partial charge in [0.05, 0.1) is 30.5 Å². The Kier molecular flexibility index (Phi) is 7.48. The monoisotopic (exact) mass is 455 g/mol. The van der Waals surface area contributed by atoms with Gasteiger partial charge in [-0.05, 0) is 82.5 Å². The van der Waals surface area contributed by atoms with Crippen LogP contribution in [0, 0.1) is 0 Å². The van der Waals surface area contributed by atoms with Gasteiger partial charge < -0.3 is 20.4 Å². The van der Waals surface area contributed by atoms with E-state index in [0.717, 1.165) is 49.3 Å². The molecule has 4 rings (SSSR count). The van der Waals surface area contributed by atoms with E-state index in [2.05, 4.69) is 47.5 Å². The Morgan fingerprint density at radius 1 is 1.24 bits per heavy atom. The SMILES string of the molecule is CCn1nccc1-c1ccc(C(CO)NC(=O)C2CC(O)CN2C)c(C2CCN(C)CC2)c1. The van der Waals surface area contributed by atoms with E-state index < -0.39 is 12.1 Å². The van der Waals surface area contributed by atoms with Crippen LogP contribution in [0.1, 0.15) is 49.3 Å². The number of aromatic nitrogens is 2. The topological polar surface area (TPSA) is 93.9 Å². The smallest absolute Gasteiger partial charge is 0.238 e. The number of nitrogens with one attached hydrogen (secondary N) is 1. The van der Waals surface area contributed by atoms with Gasteiger partial charge >= 0.3 is 0 Å². The van der Waals surface area contributed by atoms with Crippen molar-refractivity contribution in [3.63, 3.8) is 0 Å². The number of aryl methyl sites for hydroxylation is 1. The molecule has 2 aliphatic heterocycles. The van der Waals surface area contributed by atoms with Crippen LogP contribution in [0.25, 0.3) is 11.3 Å². The van der Waals surface area contributed by atoms with Gasteiger partial charge in [-0.15, -0.1) is 0 Å². The molecule has 3 unspecified atom stereocenters. The van der Waals surface area contributed by atoms with Crippen LogP contribution >= 0.6 is 0 Å². The first-order valence-corrected chi connectivity index (χ1v) is 12.0. The molecule has 2 aromatic rings. The Labute approximate surface area is 196 Å². The molecular weight excluding hydrogens is 418 g/mol. The summed E-state index contributed by atoms with van der Waals surface area (Å²) in [7, 11) is 4.00. The minimum Gasteiger partial charge on any atom is -0.394 e. The average Bonchev–Trinajstić information content (AvgIpc) is 3.43. The summed E-state index contributed by atoms with van der Waals surface area (Å²) in [5.41, 5.74) is 4.36. The fourth-order valence-corrected chi connectivity index (χ4v) is 5.32. The molecule has 3 atom stereocenters. The number of hydrogen-bond acceptors (Lipinski definition) is 6. The molecule has 0 bridgehead atoms. The maximum Gasteiger partial charge on any atom is 0.238 e. The number of hydrogen-bond donors (Lipinski definition) is 3. The summed E-state index contributed by atoms with van der Waals surface area (Å²) in [5.74, 6) is 0.228. The zero-order chi connectivity index (χ0) is 23.5. The van der Waals surface area contributed by atoms with Crippen molar-refractivity contribution in [2.45, 2.75) is 56.8 Å². The van der Waals surface area contributed by atoms with Gasteiger partial charge in [-0.1, -0.05) is 12.1 Å². The number of benzene rings is 1. The Bertz CT molecular complexity index is 953. The van der Waals surface area contributed by atoms with Crippen molar-refractivity contribution in [2.24, 2.45) is 0 Å². The molecule has 8 nitrogen and oxygen atoms in total. The van der Waals surface area contributed by atoms with Gasteiger partial charge in [0, 0.05) is 24.8 Å². The first-order valence-electron chi connectivity index (χ1n) is 12.0. The highest BCUT2D eigenvalue weighted by Crippen LogP contribution is 2.36. The van der Waals surface area contributed by atoms with Crippen molar-refractivity contribution in [3.8, 4) is 11.3 Å². The molecule has 0 aliphatic carbocycles. The highest BCUT2D eigenvalue weighted by Gasteiger charge is 2.35. The fourth-order valence-electron chi connectivity index (χ4n) is 5.32. The number of nitrogens with zero attached hydrogens (tertiary/aromatic N) is 4. The molecule has 2 fully saturated rings. The van der Waals surface area contributed by atoms with E-state index in [0.29, 0.717) is 18.9 Å². The summed E-state index contributed by atoms with van der Waals surface area (Å²) in [6.07, 6.45) is 3.84. The zero-order valence-electron chi connectivity index (χ0n) is 19.9. The third kappa shape index (κ3) is 5.14. The van der Waals surface area contributed by atoms with Crippen molar-refractivity contribution >= 4 is 5.91 Å². The van der Waals surface area contributed by atoms with Gasteiger partial charge in [-0.25, -0.2) is 0 Å². The van der Waals surface area contributed by atoms with Crippen LogP contribution in [0.5, 0.6) is 0 Å². The minimum atomic E-state index is -0.490. The molecule has 2 aliphatic rings. The molecule has 0 radical (unpaired) electrons. The molecule has 2 saturated heterocycles. The average molecular weight is 456 g/mol. The van der Waals surface area contributed by atoms with E-state index in [4.69, 9.17) is 0 Å². The normalized spacial score (nSPS) is 23.7. The second-order valence-electron chi connectivity index (χ2n) is 9.54. The van der Waals surface area contributed by atoms with Crippen molar-refractivity contribution < 1.29 is 15.0 Å². The van der Waals surface area contributed by atoms with E-state index in [1.54, 1.807) is 0 Å². The quantitative estimate of drug-likeness (QED) is 0.587. The summed E-state index contributed by atoms with van der Waals surface area (Å²) in [6.45, 7) is 5.25. The Morgan fingerprint density at radius 3 is 2.64 bits per heavy atom. The molecule has 8 heteroatoms. The maximum atomic E-state index is 13.0. The van der Waals surface area contributed by atoms with Crippen LogP contribution in [0.4, 0.5) is 0 Å². The number of carbonyl (C=O) groups excluding carboxylic acids is 1. The lowest BCUT2D eigenvalue weighted by molar-refractivity contribution is -0.126. The Morgan fingerprint density at radius 2 is 2.00 bits per heavy atom.